The van der Waals surface area contributed by atoms with Gasteiger partial charge in [0.1, 0.15) is 6.04 Å². The standard InChI is InChI=1S/C9H16FN3O2/c1-6(11)13-5-4-7(10)2-3-8(12)9(14)15/h2,8H,3-5,12H2,1H3,(H2,11,13)(H,14,15)/b7-2+/t8-/m0/s1. The molecule has 0 rings (SSSR count). The summed E-state index contributed by atoms with van der Waals surface area (Å²) in [6.07, 6.45) is 1.26. The van der Waals surface area contributed by atoms with Crippen molar-refractivity contribution in [2.45, 2.75) is 25.8 Å². The first-order chi connectivity index (χ1) is 6.93. The van der Waals surface area contributed by atoms with E-state index >= 15 is 0 Å². The predicted molar refractivity (Wildman–Crippen MR) is 56.2 cm³/mol. The average molecular weight is 217 g/mol. The second-order valence-electron chi connectivity index (χ2n) is 3.10. The van der Waals surface area contributed by atoms with E-state index in [9.17, 15) is 9.18 Å². The van der Waals surface area contributed by atoms with Gasteiger partial charge in [0, 0.05) is 13.0 Å². The molecule has 0 aliphatic rings. The smallest absolute Gasteiger partial charge is 0.320 e. The maximum absolute atomic E-state index is 13.0. The fourth-order valence-electron chi connectivity index (χ4n) is 0.797. The number of carbonyl (C=O) groups is 1. The number of aliphatic imine (C=N–C) groups is 1. The predicted octanol–water partition coefficient (Wildman–Crippen LogP) is 0.409. The number of nitrogens with zero attached hydrogens (tertiary/aromatic N) is 1. The quantitative estimate of drug-likeness (QED) is 0.443. The average Bonchev–Trinajstić information content (AvgIpc) is 2.13. The molecule has 0 aromatic heterocycles. The minimum atomic E-state index is -1.14. The van der Waals surface area contributed by atoms with Crippen LogP contribution in [-0.2, 0) is 4.79 Å². The van der Waals surface area contributed by atoms with E-state index in [1.807, 2.05) is 0 Å². The van der Waals surface area contributed by atoms with Crippen LogP contribution in [0.3, 0.4) is 0 Å². The van der Waals surface area contributed by atoms with Crippen LogP contribution in [0.4, 0.5) is 4.39 Å². The van der Waals surface area contributed by atoms with E-state index in [1.165, 1.54) is 6.08 Å². The number of amidine groups is 1. The first-order valence-electron chi connectivity index (χ1n) is 4.53. The van der Waals surface area contributed by atoms with Gasteiger partial charge in [-0.1, -0.05) is 6.08 Å². The molecule has 5 nitrogen and oxygen atoms in total. The number of carboxylic acid groups (broad SMARTS) is 1. The molecule has 0 aliphatic heterocycles. The molecule has 0 spiro atoms. The Balaban J connectivity index is 3.89. The Morgan fingerprint density at radius 3 is 2.73 bits per heavy atom. The zero-order chi connectivity index (χ0) is 11.8. The summed E-state index contributed by atoms with van der Waals surface area (Å²) in [5.41, 5.74) is 10.4. The van der Waals surface area contributed by atoms with Crippen LogP contribution < -0.4 is 11.5 Å². The highest BCUT2D eigenvalue weighted by atomic mass is 19.1. The number of aliphatic carboxylic acids is 1. The van der Waals surface area contributed by atoms with Gasteiger partial charge in [0.15, 0.2) is 0 Å². The minimum Gasteiger partial charge on any atom is -0.480 e. The molecule has 86 valence electrons. The van der Waals surface area contributed by atoms with Crippen LogP contribution in [0, 0.1) is 0 Å². The van der Waals surface area contributed by atoms with Crippen molar-refractivity contribution in [2.24, 2.45) is 16.5 Å². The van der Waals surface area contributed by atoms with Crippen LogP contribution in [0.5, 0.6) is 0 Å². The summed E-state index contributed by atoms with van der Waals surface area (Å²) in [6, 6.07) is -1.06. The summed E-state index contributed by atoms with van der Waals surface area (Å²) < 4.78 is 13.0. The number of carboxylic acids is 1. The zero-order valence-electron chi connectivity index (χ0n) is 8.61. The molecular weight excluding hydrogens is 201 g/mol. The number of nitrogens with two attached hydrogens (primary N) is 2. The van der Waals surface area contributed by atoms with Gasteiger partial charge < -0.3 is 16.6 Å². The first-order valence-corrected chi connectivity index (χ1v) is 4.53. The summed E-state index contributed by atoms with van der Waals surface area (Å²) in [5, 5.41) is 8.43. The van der Waals surface area contributed by atoms with Gasteiger partial charge in [0.05, 0.1) is 11.7 Å². The molecule has 0 saturated carbocycles. The Bertz CT molecular complexity index is 273. The maximum Gasteiger partial charge on any atom is 0.320 e. The third-order valence-corrected chi connectivity index (χ3v) is 1.62. The minimum absolute atomic E-state index is 0.0213. The van der Waals surface area contributed by atoms with Gasteiger partial charge in [0.25, 0.3) is 0 Å². The second kappa shape index (κ2) is 6.94. The molecule has 15 heavy (non-hydrogen) atoms. The van der Waals surface area contributed by atoms with E-state index in [4.69, 9.17) is 16.6 Å². The van der Waals surface area contributed by atoms with E-state index in [0.717, 1.165) is 0 Å². The molecular formula is C9H16FN3O2. The summed E-state index contributed by atoms with van der Waals surface area (Å²) in [6.45, 7) is 1.87. The number of hydrogen-bond donors (Lipinski definition) is 3. The molecule has 0 bridgehead atoms. The van der Waals surface area contributed by atoms with Gasteiger partial charge in [0.2, 0.25) is 0 Å². The van der Waals surface area contributed by atoms with Crippen molar-refractivity contribution in [3.63, 3.8) is 0 Å². The van der Waals surface area contributed by atoms with E-state index < -0.39 is 17.8 Å². The molecule has 0 aliphatic carbocycles. The Hall–Kier alpha value is -1.43. The van der Waals surface area contributed by atoms with Gasteiger partial charge in [-0.05, 0) is 13.3 Å². The molecule has 0 amide bonds. The van der Waals surface area contributed by atoms with E-state index in [-0.39, 0.29) is 19.4 Å². The zero-order valence-corrected chi connectivity index (χ0v) is 8.61. The summed E-state index contributed by atoms with van der Waals surface area (Å²) in [7, 11) is 0. The summed E-state index contributed by atoms with van der Waals surface area (Å²) >= 11 is 0. The van der Waals surface area contributed by atoms with Crippen molar-refractivity contribution < 1.29 is 14.3 Å². The fourth-order valence-corrected chi connectivity index (χ4v) is 0.797. The normalized spacial score (nSPS) is 15.1. The molecule has 0 aromatic carbocycles. The highest BCUT2D eigenvalue weighted by molar-refractivity contribution is 5.77. The van der Waals surface area contributed by atoms with Crippen LogP contribution >= 0.6 is 0 Å². The lowest BCUT2D eigenvalue weighted by molar-refractivity contribution is -0.138. The molecule has 0 unspecified atom stereocenters. The Morgan fingerprint density at radius 1 is 1.67 bits per heavy atom. The fraction of sp³-hybridized carbons (Fsp3) is 0.556. The Morgan fingerprint density at radius 2 is 2.27 bits per heavy atom. The molecule has 0 radical (unpaired) electrons. The van der Waals surface area contributed by atoms with Crippen LogP contribution in [0.2, 0.25) is 0 Å². The number of hydrogen-bond acceptors (Lipinski definition) is 3. The number of rotatable bonds is 6. The summed E-state index contributed by atoms with van der Waals surface area (Å²) in [5.74, 6) is -1.17. The topological polar surface area (TPSA) is 102 Å². The highest BCUT2D eigenvalue weighted by Gasteiger charge is 2.09. The van der Waals surface area contributed by atoms with Crippen molar-refractivity contribution in [1.82, 2.24) is 0 Å². The van der Waals surface area contributed by atoms with Crippen LogP contribution in [0.25, 0.3) is 0 Å². The van der Waals surface area contributed by atoms with Crippen LogP contribution in [0.1, 0.15) is 19.8 Å². The molecule has 6 heteroatoms. The van der Waals surface area contributed by atoms with Crippen molar-refractivity contribution in [1.29, 1.82) is 0 Å². The van der Waals surface area contributed by atoms with Crippen molar-refractivity contribution in [3.05, 3.63) is 11.9 Å². The van der Waals surface area contributed by atoms with Crippen LogP contribution in [-0.4, -0.2) is 29.5 Å². The largest absolute Gasteiger partial charge is 0.480 e. The Labute approximate surface area is 87.7 Å². The van der Waals surface area contributed by atoms with Gasteiger partial charge in [-0.3, -0.25) is 9.79 Å². The third-order valence-electron chi connectivity index (χ3n) is 1.62. The molecule has 0 aromatic rings. The van der Waals surface area contributed by atoms with E-state index in [1.54, 1.807) is 6.92 Å². The van der Waals surface area contributed by atoms with Gasteiger partial charge in [-0.25, -0.2) is 4.39 Å². The van der Waals surface area contributed by atoms with Crippen LogP contribution in [0.15, 0.2) is 16.9 Å². The van der Waals surface area contributed by atoms with Crippen molar-refractivity contribution in [3.8, 4) is 0 Å². The van der Waals surface area contributed by atoms with Gasteiger partial charge in [-0.15, -0.1) is 0 Å². The van der Waals surface area contributed by atoms with Gasteiger partial charge in [-0.2, -0.15) is 0 Å². The SMILES string of the molecule is CC(N)=NCC/C(F)=C\C[C@H](N)C(=O)O. The van der Waals surface area contributed by atoms with E-state index in [2.05, 4.69) is 4.99 Å². The lowest BCUT2D eigenvalue weighted by Gasteiger charge is -2.01. The summed E-state index contributed by atoms with van der Waals surface area (Å²) in [4.78, 5) is 14.1. The van der Waals surface area contributed by atoms with Gasteiger partial charge >= 0.3 is 5.97 Å². The Kier molecular flexibility index (Phi) is 6.28. The molecule has 0 saturated heterocycles. The second-order valence-corrected chi connectivity index (χ2v) is 3.10. The van der Waals surface area contributed by atoms with Crippen molar-refractivity contribution >= 4 is 11.8 Å². The molecule has 1 atom stereocenters. The highest BCUT2D eigenvalue weighted by Crippen LogP contribution is 2.05. The molecule has 0 heterocycles. The van der Waals surface area contributed by atoms with E-state index in [0.29, 0.717) is 5.84 Å². The molecule has 5 N–H and O–H groups in total. The molecule has 0 fully saturated rings. The maximum atomic E-state index is 13.0. The third kappa shape index (κ3) is 7.63. The lowest BCUT2D eigenvalue weighted by Crippen LogP contribution is -2.29. The van der Waals surface area contributed by atoms with Crippen molar-refractivity contribution in [2.75, 3.05) is 6.54 Å². The lowest BCUT2D eigenvalue weighted by atomic mass is 10.2. The monoisotopic (exact) mass is 217 g/mol. The number of halogens is 1. The first kappa shape index (κ1) is 13.6.